The quantitative estimate of drug-likeness (QED) is 0.893. The van der Waals surface area contributed by atoms with Crippen LogP contribution in [-0.4, -0.2) is 19.3 Å². The lowest BCUT2D eigenvalue weighted by molar-refractivity contribution is -0.147. The molecule has 1 aromatic rings. The molecule has 3 heteroatoms. The highest BCUT2D eigenvalue weighted by Gasteiger charge is 2.44. The van der Waals surface area contributed by atoms with Crippen LogP contribution in [0.5, 0.6) is 0 Å². The van der Waals surface area contributed by atoms with Gasteiger partial charge in [-0.15, -0.1) is 0 Å². The predicted octanol–water partition coefficient (Wildman–Crippen LogP) is 3.20. The van der Waals surface area contributed by atoms with Gasteiger partial charge in [0.25, 0.3) is 0 Å². The molecule has 0 radical (unpaired) electrons. The van der Waals surface area contributed by atoms with Gasteiger partial charge in [-0.05, 0) is 63.6 Å². The van der Waals surface area contributed by atoms with Crippen LogP contribution in [0.4, 0.5) is 0 Å². The second-order valence-electron chi connectivity index (χ2n) is 5.87. The van der Waals surface area contributed by atoms with E-state index in [4.69, 9.17) is 9.15 Å². The summed E-state index contributed by atoms with van der Waals surface area (Å²) in [7, 11) is 2.04. The van der Waals surface area contributed by atoms with E-state index in [1.807, 2.05) is 7.05 Å². The molecule has 1 aliphatic carbocycles. The molecule has 0 aromatic carbocycles. The highest BCUT2D eigenvalue weighted by atomic mass is 16.5. The zero-order valence-electron chi connectivity index (χ0n) is 11.4. The van der Waals surface area contributed by atoms with Crippen molar-refractivity contribution in [2.45, 2.75) is 50.7 Å². The molecule has 1 aliphatic heterocycles. The molecule has 1 aromatic heterocycles. The van der Waals surface area contributed by atoms with Crippen LogP contribution >= 0.6 is 0 Å². The van der Waals surface area contributed by atoms with Crippen molar-refractivity contribution in [3.05, 3.63) is 23.7 Å². The molecule has 2 heterocycles. The molecule has 0 amide bonds. The SMILES string of the molecule is CNC(c1occc1C)C1CCOC2(CCC2)C1. The fraction of sp³-hybridized carbons (Fsp3) is 0.733. The lowest BCUT2D eigenvalue weighted by Crippen LogP contribution is -2.47. The summed E-state index contributed by atoms with van der Waals surface area (Å²) in [5.41, 5.74) is 1.46. The molecule has 18 heavy (non-hydrogen) atoms. The number of furan rings is 1. The molecule has 1 spiro atoms. The van der Waals surface area contributed by atoms with Gasteiger partial charge in [-0.1, -0.05) is 0 Å². The van der Waals surface area contributed by atoms with Crippen molar-refractivity contribution in [1.29, 1.82) is 0 Å². The van der Waals surface area contributed by atoms with E-state index in [9.17, 15) is 0 Å². The summed E-state index contributed by atoms with van der Waals surface area (Å²) in [6.45, 7) is 3.03. The van der Waals surface area contributed by atoms with Gasteiger partial charge in [0.2, 0.25) is 0 Å². The highest BCUT2D eigenvalue weighted by Crippen LogP contribution is 2.47. The maximum Gasteiger partial charge on any atom is 0.123 e. The fourth-order valence-corrected chi connectivity index (χ4v) is 3.55. The number of hydrogen-bond acceptors (Lipinski definition) is 3. The smallest absolute Gasteiger partial charge is 0.123 e. The summed E-state index contributed by atoms with van der Waals surface area (Å²) in [5.74, 6) is 1.74. The molecule has 0 bridgehead atoms. The third-order valence-electron chi connectivity index (χ3n) is 4.76. The molecule has 2 aliphatic rings. The molecule has 2 fully saturated rings. The van der Waals surface area contributed by atoms with E-state index < -0.39 is 0 Å². The normalized spacial score (nSPS) is 28.0. The minimum atomic E-state index is 0.207. The number of ether oxygens (including phenoxy) is 1. The molecule has 3 nitrogen and oxygen atoms in total. The zero-order chi connectivity index (χ0) is 12.6. The first-order chi connectivity index (χ1) is 8.74. The Kier molecular flexibility index (Phi) is 3.20. The van der Waals surface area contributed by atoms with Crippen molar-refractivity contribution in [3.8, 4) is 0 Å². The van der Waals surface area contributed by atoms with Gasteiger partial charge in [0.15, 0.2) is 0 Å². The van der Waals surface area contributed by atoms with E-state index >= 15 is 0 Å². The molecule has 3 rings (SSSR count). The van der Waals surface area contributed by atoms with Crippen LogP contribution in [0.25, 0.3) is 0 Å². The lowest BCUT2D eigenvalue weighted by atomic mass is 9.70. The van der Waals surface area contributed by atoms with E-state index in [2.05, 4.69) is 18.3 Å². The molecule has 100 valence electrons. The van der Waals surface area contributed by atoms with Gasteiger partial charge in [-0.25, -0.2) is 0 Å². The van der Waals surface area contributed by atoms with Crippen molar-refractivity contribution >= 4 is 0 Å². The third-order valence-corrected chi connectivity index (χ3v) is 4.76. The van der Waals surface area contributed by atoms with Gasteiger partial charge in [-0.2, -0.15) is 0 Å². The van der Waals surface area contributed by atoms with Gasteiger partial charge in [0.1, 0.15) is 5.76 Å². The maximum absolute atomic E-state index is 6.02. The van der Waals surface area contributed by atoms with Crippen LogP contribution in [0, 0.1) is 12.8 Å². The Bertz CT molecular complexity index is 408. The van der Waals surface area contributed by atoms with Crippen LogP contribution in [0.2, 0.25) is 0 Å². The van der Waals surface area contributed by atoms with Gasteiger partial charge in [0.05, 0.1) is 17.9 Å². The molecular formula is C15H23NO2. The average Bonchev–Trinajstić information content (AvgIpc) is 2.75. The standard InChI is InChI=1S/C15H23NO2/c1-11-4-8-17-14(11)13(16-2)12-5-9-18-15(10-12)6-3-7-15/h4,8,12-13,16H,3,5-7,9-10H2,1-2H3. The van der Waals surface area contributed by atoms with Gasteiger partial charge < -0.3 is 14.5 Å². The van der Waals surface area contributed by atoms with Gasteiger partial charge in [-0.3, -0.25) is 0 Å². The second kappa shape index (κ2) is 4.71. The number of hydrogen-bond donors (Lipinski definition) is 1. The van der Waals surface area contributed by atoms with Crippen LogP contribution in [-0.2, 0) is 4.74 Å². The van der Waals surface area contributed by atoms with Crippen molar-refractivity contribution in [2.24, 2.45) is 5.92 Å². The Morgan fingerprint density at radius 2 is 2.28 bits per heavy atom. The summed E-state index contributed by atoms with van der Waals surface area (Å²) in [5, 5.41) is 3.45. The van der Waals surface area contributed by atoms with Crippen LogP contribution in [0.3, 0.4) is 0 Å². The first kappa shape index (κ1) is 12.2. The van der Waals surface area contributed by atoms with Crippen LogP contribution in [0.15, 0.2) is 16.7 Å². The number of rotatable bonds is 3. The molecule has 1 saturated heterocycles. The third kappa shape index (κ3) is 1.99. The van der Waals surface area contributed by atoms with Crippen molar-refractivity contribution < 1.29 is 9.15 Å². The van der Waals surface area contributed by atoms with E-state index in [1.54, 1.807) is 6.26 Å². The number of aryl methyl sites for hydroxylation is 1. The molecular weight excluding hydrogens is 226 g/mol. The first-order valence-electron chi connectivity index (χ1n) is 7.09. The average molecular weight is 249 g/mol. The van der Waals surface area contributed by atoms with E-state index in [1.165, 1.54) is 31.2 Å². The largest absolute Gasteiger partial charge is 0.467 e. The molecule has 2 atom stereocenters. The summed E-state index contributed by atoms with van der Waals surface area (Å²) in [6.07, 6.45) is 7.93. The van der Waals surface area contributed by atoms with Gasteiger partial charge in [0, 0.05) is 6.61 Å². The maximum atomic E-state index is 6.02. The first-order valence-corrected chi connectivity index (χ1v) is 7.09. The lowest BCUT2D eigenvalue weighted by Gasteiger charge is -2.48. The van der Waals surface area contributed by atoms with Crippen LogP contribution in [0.1, 0.15) is 49.5 Å². The fourth-order valence-electron chi connectivity index (χ4n) is 3.55. The minimum absolute atomic E-state index is 0.207. The highest BCUT2D eigenvalue weighted by molar-refractivity contribution is 5.19. The number of nitrogens with one attached hydrogen (secondary N) is 1. The summed E-state index contributed by atoms with van der Waals surface area (Å²) in [4.78, 5) is 0. The Morgan fingerprint density at radius 1 is 1.44 bits per heavy atom. The van der Waals surface area contributed by atoms with E-state index in [0.717, 1.165) is 18.8 Å². The monoisotopic (exact) mass is 249 g/mol. The van der Waals surface area contributed by atoms with E-state index in [0.29, 0.717) is 12.0 Å². The Balaban J connectivity index is 1.77. The summed E-state index contributed by atoms with van der Waals surface area (Å²) >= 11 is 0. The van der Waals surface area contributed by atoms with Crippen molar-refractivity contribution in [2.75, 3.05) is 13.7 Å². The summed E-state index contributed by atoms with van der Waals surface area (Å²) in [6, 6.07) is 2.39. The van der Waals surface area contributed by atoms with Crippen molar-refractivity contribution in [3.63, 3.8) is 0 Å². The zero-order valence-corrected chi connectivity index (χ0v) is 11.4. The van der Waals surface area contributed by atoms with Crippen molar-refractivity contribution in [1.82, 2.24) is 5.32 Å². The Morgan fingerprint density at radius 3 is 2.83 bits per heavy atom. The molecule has 1 saturated carbocycles. The topological polar surface area (TPSA) is 34.4 Å². The Hall–Kier alpha value is -0.800. The van der Waals surface area contributed by atoms with Gasteiger partial charge >= 0.3 is 0 Å². The summed E-state index contributed by atoms with van der Waals surface area (Å²) < 4.78 is 11.7. The Labute approximate surface area is 109 Å². The molecule has 1 N–H and O–H groups in total. The van der Waals surface area contributed by atoms with E-state index in [-0.39, 0.29) is 5.60 Å². The van der Waals surface area contributed by atoms with Crippen LogP contribution < -0.4 is 5.32 Å². The molecule has 2 unspecified atom stereocenters. The second-order valence-corrected chi connectivity index (χ2v) is 5.87. The predicted molar refractivity (Wildman–Crippen MR) is 70.5 cm³/mol. The minimum Gasteiger partial charge on any atom is -0.467 e.